The van der Waals surface area contributed by atoms with Crippen molar-refractivity contribution in [1.82, 2.24) is 15.0 Å². The summed E-state index contributed by atoms with van der Waals surface area (Å²) < 4.78 is 0. The molecule has 0 aliphatic rings. The molecule has 10 heteroatoms. The van der Waals surface area contributed by atoms with Crippen molar-refractivity contribution in [3.63, 3.8) is 0 Å². The van der Waals surface area contributed by atoms with E-state index in [2.05, 4.69) is 15.0 Å². The third-order valence-electron chi connectivity index (χ3n) is 3.65. The number of rotatable bonds is 4. The fourth-order valence-corrected chi connectivity index (χ4v) is 4.33. The van der Waals surface area contributed by atoms with Gasteiger partial charge in [0.15, 0.2) is 10.3 Å². The molecule has 4 rings (SSSR count). The van der Waals surface area contributed by atoms with Gasteiger partial charge in [0.1, 0.15) is 5.01 Å². The number of nitrogens with one attached hydrogen (secondary N) is 1. The lowest BCUT2D eigenvalue weighted by Gasteiger charge is -2.05. The number of nitro benzene ring substituents is 1. The Hall–Kier alpha value is -2.75. The first-order chi connectivity index (χ1) is 13.0. The van der Waals surface area contributed by atoms with E-state index >= 15 is 0 Å². The van der Waals surface area contributed by atoms with Gasteiger partial charge in [-0.3, -0.25) is 14.9 Å². The molecular formula is C17H9ClN4O3S2. The van der Waals surface area contributed by atoms with Gasteiger partial charge in [0.25, 0.3) is 11.2 Å². The molecule has 0 bridgehead atoms. The van der Waals surface area contributed by atoms with Crippen LogP contribution in [0.4, 0.5) is 5.69 Å². The summed E-state index contributed by atoms with van der Waals surface area (Å²) in [6.07, 6.45) is 1.31. The number of benzene rings is 2. The summed E-state index contributed by atoms with van der Waals surface area (Å²) >= 11 is 8.36. The third-order valence-corrected chi connectivity index (χ3v) is 5.98. The van der Waals surface area contributed by atoms with Gasteiger partial charge in [0.2, 0.25) is 0 Å². The molecule has 0 radical (unpaired) electrons. The molecule has 0 aliphatic heterocycles. The first kappa shape index (κ1) is 17.7. The fraction of sp³-hybridized carbons (Fsp3) is 0. The van der Waals surface area contributed by atoms with Crippen LogP contribution in [0.1, 0.15) is 0 Å². The van der Waals surface area contributed by atoms with Crippen molar-refractivity contribution in [2.45, 2.75) is 9.79 Å². The third kappa shape index (κ3) is 3.57. The van der Waals surface area contributed by atoms with Gasteiger partial charge in [-0.2, -0.15) is 0 Å². The summed E-state index contributed by atoms with van der Waals surface area (Å²) in [7, 11) is 0. The van der Waals surface area contributed by atoms with Crippen LogP contribution in [-0.2, 0) is 0 Å². The minimum absolute atomic E-state index is 0.0337. The lowest BCUT2D eigenvalue weighted by atomic mass is 10.2. The zero-order valence-electron chi connectivity index (χ0n) is 13.4. The van der Waals surface area contributed by atoms with Crippen LogP contribution in [0.25, 0.3) is 20.9 Å². The minimum Gasteiger partial charge on any atom is -0.311 e. The van der Waals surface area contributed by atoms with Gasteiger partial charge in [-0.1, -0.05) is 40.8 Å². The van der Waals surface area contributed by atoms with E-state index in [1.165, 1.54) is 35.5 Å². The minimum atomic E-state index is -0.430. The number of thiazole rings is 1. The van der Waals surface area contributed by atoms with Crippen LogP contribution in [0.3, 0.4) is 0 Å². The number of halogens is 1. The van der Waals surface area contributed by atoms with E-state index in [4.69, 9.17) is 11.6 Å². The van der Waals surface area contributed by atoms with Gasteiger partial charge in [0.05, 0.1) is 16.1 Å². The number of nitrogens with zero attached hydrogens (tertiary/aromatic N) is 3. The van der Waals surface area contributed by atoms with Gasteiger partial charge in [-0.15, -0.1) is 0 Å². The number of fused-ring (bicyclic) bond motifs is 1. The highest BCUT2D eigenvalue weighted by Crippen LogP contribution is 2.38. The Morgan fingerprint density at radius 3 is 2.67 bits per heavy atom. The van der Waals surface area contributed by atoms with E-state index in [0.717, 1.165) is 4.90 Å². The van der Waals surface area contributed by atoms with Gasteiger partial charge < -0.3 is 4.98 Å². The van der Waals surface area contributed by atoms with Crippen molar-refractivity contribution < 1.29 is 4.92 Å². The molecular weight excluding hydrogens is 408 g/mol. The first-order valence-electron chi connectivity index (χ1n) is 7.58. The zero-order chi connectivity index (χ0) is 19.0. The van der Waals surface area contributed by atoms with Crippen LogP contribution in [-0.4, -0.2) is 19.9 Å². The molecule has 0 saturated carbocycles. The van der Waals surface area contributed by atoms with E-state index in [-0.39, 0.29) is 16.8 Å². The normalized spacial score (nSPS) is 11.0. The number of H-pyrrole nitrogens is 1. The number of aromatic nitrogens is 3. The molecule has 0 amide bonds. The van der Waals surface area contributed by atoms with E-state index < -0.39 is 4.92 Å². The summed E-state index contributed by atoms with van der Waals surface area (Å²) in [5, 5.41) is 12.7. The second-order valence-electron chi connectivity index (χ2n) is 5.40. The summed E-state index contributed by atoms with van der Waals surface area (Å²) in [5.41, 5.74) is 0.407. The van der Waals surface area contributed by atoms with Crippen molar-refractivity contribution >= 4 is 50.7 Å². The molecule has 0 fully saturated rings. The maximum atomic E-state index is 11.8. The quantitative estimate of drug-likeness (QED) is 0.380. The van der Waals surface area contributed by atoms with Crippen LogP contribution < -0.4 is 5.56 Å². The lowest BCUT2D eigenvalue weighted by molar-refractivity contribution is -0.387. The highest BCUT2D eigenvalue weighted by Gasteiger charge is 2.18. The van der Waals surface area contributed by atoms with Crippen molar-refractivity contribution in [1.29, 1.82) is 0 Å². The average molecular weight is 417 g/mol. The Labute approximate surface area is 165 Å². The molecule has 0 spiro atoms. The smallest absolute Gasteiger partial charge is 0.283 e. The van der Waals surface area contributed by atoms with E-state index in [9.17, 15) is 14.9 Å². The summed E-state index contributed by atoms with van der Waals surface area (Å²) in [6.45, 7) is 0. The molecule has 0 atom stereocenters. The molecule has 1 N–H and O–H groups in total. The largest absolute Gasteiger partial charge is 0.311 e. The zero-order valence-corrected chi connectivity index (χ0v) is 15.8. The molecule has 2 heterocycles. The SMILES string of the molecule is O=c1[nH]cnc2sc(-c3ccc(Sc4ccc(Cl)cc4)c([N+](=O)[O-])c3)nc12. The standard InChI is InChI=1S/C17H9ClN4O3S2/c18-10-2-4-11(5-3-10)26-13-6-1-9(7-12(13)22(24)25)16-21-14-15(23)19-8-20-17(14)27-16/h1-8H,(H,19,20,23). The monoisotopic (exact) mass is 416 g/mol. The maximum absolute atomic E-state index is 11.8. The second kappa shape index (κ2) is 7.10. The Morgan fingerprint density at radius 1 is 1.19 bits per heavy atom. The Balaban J connectivity index is 1.75. The molecule has 134 valence electrons. The Bertz CT molecular complexity index is 1220. The van der Waals surface area contributed by atoms with Crippen molar-refractivity contribution in [3.05, 3.63) is 74.3 Å². The van der Waals surface area contributed by atoms with Crippen molar-refractivity contribution in [3.8, 4) is 10.6 Å². The van der Waals surface area contributed by atoms with Gasteiger partial charge >= 0.3 is 0 Å². The van der Waals surface area contributed by atoms with Gasteiger partial charge in [-0.05, 0) is 30.3 Å². The summed E-state index contributed by atoms with van der Waals surface area (Å²) in [4.78, 5) is 35.6. The van der Waals surface area contributed by atoms with E-state index in [0.29, 0.717) is 25.3 Å². The predicted molar refractivity (Wildman–Crippen MR) is 106 cm³/mol. The van der Waals surface area contributed by atoms with Crippen molar-refractivity contribution in [2.75, 3.05) is 0 Å². The molecule has 27 heavy (non-hydrogen) atoms. The molecule has 4 aromatic rings. The molecule has 0 unspecified atom stereocenters. The Kier molecular flexibility index (Phi) is 4.65. The van der Waals surface area contributed by atoms with Gasteiger partial charge in [-0.25, -0.2) is 9.97 Å². The fourth-order valence-electron chi connectivity index (χ4n) is 2.40. The summed E-state index contributed by atoms with van der Waals surface area (Å²) in [5.74, 6) is 0. The molecule has 0 saturated heterocycles. The molecule has 2 aromatic carbocycles. The number of nitro groups is 1. The average Bonchev–Trinajstić information content (AvgIpc) is 3.09. The number of aromatic amines is 1. The van der Waals surface area contributed by atoms with Gasteiger partial charge in [0, 0.05) is 21.5 Å². The Morgan fingerprint density at radius 2 is 1.96 bits per heavy atom. The highest BCUT2D eigenvalue weighted by atomic mass is 35.5. The van der Waals surface area contributed by atoms with Crippen molar-refractivity contribution in [2.24, 2.45) is 0 Å². The van der Waals surface area contributed by atoms with E-state index in [1.807, 2.05) is 0 Å². The number of hydrogen-bond donors (Lipinski definition) is 1. The first-order valence-corrected chi connectivity index (χ1v) is 9.59. The second-order valence-corrected chi connectivity index (χ2v) is 7.93. The maximum Gasteiger partial charge on any atom is 0.283 e. The highest BCUT2D eigenvalue weighted by molar-refractivity contribution is 7.99. The molecule has 7 nitrogen and oxygen atoms in total. The molecule has 2 aromatic heterocycles. The predicted octanol–water partition coefficient (Wildman–Crippen LogP) is 4.76. The number of hydrogen-bond acceptors (Lipinski definition) is 7. The van der Waals surface area contributed by atoms with E-state index in [1.54, 1.807) is 36.4 Å². The van der Waals surface area contributed by atoms with Crippen LogP contribution in [0.15, 0.2) is 63.4 Å². The van der Waals surface area contributed by atoms with Crippen LogP contribution in [0.2, 0.25) is 5.02 Å². The molecule has 0 aliphatic carbocycles. The summed E-state index contributed by atoms with van der Waals surface area (Å²) in [6, 6.07) is 12.0. The van der Waals surface area contributed by atoms with Crippen LogP contribution in [0.5, 0.6) is 0 Å². The van der Waals surface area contributed by atoms with Crippen LogP contribution >= 0.6 is 34.7 Å². The van der Waals surface area contributed by atoms with Crippen LogP contribution in [0, 0.1) is 10.1 Å². The lowest BCUT2D eigenvalue weighted by Crippen LogP contribution is -2.05. The topological polar surface area (TPSA) is 102 Å².